The van der Waals surface area contributed by atoms with Gasteiger partial charge in [0.2, 0.25) is 5.91 Å². The van der Waals surface area contributed by atoms with Gasteiger partial charge in [-0.25, -0.2) is 8.42 Å². The Morgan fingerprint density at radius 3 is 2.40 bits per heavy atom. The molecule has 6 nitrogen and oxygen atoms in total. The van der Waals surface area contributed by atoms with Gasteiger partial charge in [-0.15, -0.1) is 11.3 Å². The minimum Gasteiger partial charge on any atom is -0.368 e. The van der Waals surface area contributed by atoms with E-state index in [0.29, 0.717) is 30.4 Å². The monoisotopic (exact) mass is 381 g/mol. The smallest absolute Gasteiger partial charge is 0.252 e. The van der Waals surface area contributed by atoms with Crippen LogP contribution >= 0.6 is 27.3 Å². The van der Waals surface area contributed by atoms with Crippen LogP contribution in [-0.2, 0) is 14.8 Å². The number of carbonyl (C=O) groups excluding carboxylic acids is 1. The number of amides is 1. The standard InChI is InChI=1S/C11H16BrN3O3S2/c1-8(11(13)16)14-4-6-15(7-5-14)20(17,18)10-3-2-9(12)19-10/h2-3,8H,4-7H2,1H3,(H2,13,16). The van der Waals surface area contributed by atoms with E-state index in [2.05, 4.69) is 15.9 Å². The highest BCUT2D eigenvalue weighted by molar-refractivity contribution is 9.11. The molecule has 1 aliphatic heterocycles. The van der Waals surface area contributed by atoms with Gasteiger partial charge in [-0.05, 0) is 35.0 Å². The van der Waals surface area contributed by atoms with Crippen molar-refractivity contribution in [3.63, 3.8) is 0 Å². The molecule has 1 amide bonds. The van der Waals surface area contributed by atoms with Crippen LogP contribution in [0.1, 0.15) is 6.92 Å². The van der Waals surface area contributed by atoms with E-state index in [-0.39, 0.29) is 11.9 Å². The summed E-state index contributed by atoms with van der Waals surface area (Å²) in [5, 5.41) is 0. The maximum Gasteiger partial charge on any atom is 0.252 e. The lowest BCUT2D eigenvalue weighted by atomic mass is 10.2. The second-order valence-electron chi connectivity index (χ2n) is 4.58. The third kappa shape index (κ3) is 3.22. The molecular formula is C11H16BrN3O3S2. The molecule has 112 valence electrons. The van der Waals surface area contributed by atoms with Gasteiger partial charge in [0.15, 0.2) is 0 Å². The summed E-state index contributed by atoms with van der Waals surface area (Å²) in [5.74, 6) is -0.386. The highest BCUT2D eigenvalue weighted by atomic mass is 79.9. The number of nitrogens with two attached hydrogens (primary N) is 1. The first-order valence-corrected chi connectivity index (χ1v) is 9.16. The fourth-order valence-electron chi connectivity index (χ4n) is 2.07. The van der Waals surface area contributed by atoms with E-state index in [1.807, 2.05) is 4.90 Å². The van der Waals surface area contributed by atoms with E-state index in [1.165, 1.54) is 15.6 Å². The molecule has 1 aromatic heterocycles. The Balaban J connectivity index is 2.05. The van der Waals surface area contributed by atoms with Gasteiger partial charge in [-0.1, -0.05) is 0 Å². The van der Waals surface area contributed by atoms with E-state index >= 15 is 0 Å². The summed E-state index contributed by atoms with van der Waals surface area (Å²) < 4.78 is 27.4. The lowest BCUT2D eigenvalue weighted by molar-refractivity contribution is -0.123. The zero-order valence-corrected chi connectivity index (χ0v) is 14.2. The maximum absolute atomic E-state index is 12.4. The van der Waals surface area contributed by atoms with Crippen LogP contribution in [0.25, 0.3) is 0 Å². The third-order valence-electron chi connectivity index (χ3n) is 3.38. The Kier molecular flexibility index (Phi) is 4.85. The first kappa shape index (κ1) is 15.9. The van der Waals surface area contributed by atoms with Crippen molar-refractivity contribution in [2.24, 2.45) is 5.73 Å². The molecular weight excluding hydrogens is 366 g/mol. The molecule has 0 aliphatic carbocycles. The molecule has 2 rings (SSSR count). The molecule has 1 atom stereocenters. The molecule has 20 heavy (non-hydrogen) atoms. The molecule has 2 N–H and O–H groups in total. The molecule has 0 spiro atoms. The van der Waals surface area contributed by atoms with Crippen molar-refractivity contribution in [3.05, 3.63) is 15.9 Å². The molecule has 9 heteroatoms. The number of halogens is 1. The van der Waals surface area contributed by atoms with Crippen LogP contribution in [0.5, 0.6) is 0 Å². The minimum atomic E-state index is -3.43. The summed E-state index contributed by atoms with van der Waals surface area (Å²) in [6, 6.07) is 2.96. The molecule has 0 radical (unpaired) electrons. The maximum atomic E-state index is 12.4. The highest BCUT2D eigenvalue weighted by Crippen LogP contribution is 2.29. The summed E-state index contributed by atoms with van der Waals surface area (Å²) in [7, 11) is -3.43. The first-order chi connectivity index (χ1) is 9.32. The zero-order valence-electron chi connectivity index (χ0n) is 11.0. The first-order valence-electron chi connectivity index (χ1n) is 6.11. The van der Waals surface area contributed by atoms with E-state index in [1.54, 1.807) is 19.1 Å². The fourth-order valence-corrected chi connectivity index (χ4v) is 5.66. The van der Waals surface area contributed by atoms with Crippen LogP contribution in [0.15, 0.2) is 20.1 Å². The highest BCUT2D eigenvalue weighted by Gasteiger charge is 2.31. The predicted molar refractivity (Wildman–Crippen MR) is 81.0 cm³/mol. The number of hydrogen-bond donors (Lipinski definition) is 1. The van der Waals surface area contributed by atoms with Gasteiger partial charge >= 0.3 is 0 Å². The van der Waals surface area contributed by atoms with Crippen LogP contribution in [0.2, 0.25) is 0 Å². The topological polar surface area (TPSA) is 83.7 Å². The summed E-state index contributed by atoms with van der Waals surface area (Å²) in [5.41, 5.74) is 5.27. The van der Waals surface area contributed by atoms with Crippen molar-refractivity contribution in [1.29, 1.82) is 0 Å². The molecule has 1 fully saturated rings. The summed E-state index contributed by atoms with van der Waals surface area (Å²) >= 11 is 4.47. The van der Waals surface area contributed by atoms with Crippen molar-refractivity contribution in [2.45, 2.75) is 17.2 Å². The molecule has 1 aliphatic rings. The number of nitrogens with zero attached hydrogens (tertiary/aromatic N) is 2. The summed E-state index contributed by atoms with van der Waals surface area (Å²) in [4.78, 5) is 13.0. The van der Waals surface area contributed by atoms with Crippen LogP contribution in [0.4, 0.5) is 0 Å². The lowest BCUT2D eigenvalue weighted by Crippen LogP contribution is -2.54. The van der Waals surface area contributed by atoms with Crippen molar-refractivity contribution in [1.82, 2.24) is 9.21 Å². The molecule has 0 saturated carbocycles. The second kappa shape index (κ2) is 6.10. The van der Waals surface area contributed by atoms with Gasteiger partial charge in [0, 0.05) is 26.2 Å². The van der Waals surface area contributed by atoms with Gasteiger partial charge < -0.3 is 5.73 Å². The van der Waals surface area contributed by atoms with Crippen molar-refractivity contribution < 1.29 is 13.2 Å². The number of carbonyl (C=O) groups is 1. The average Bonchev–Trinajstić information content (AvgIpc) is 2.85. The minimum absolute atomic E-state index is 0.334. The van der Waals surface area contributed by atoms with E-state index in [0.717, 1.165) is 3.79 Å². The Bertz CT molecular complexity index is 594. The van der Waals surface area contributed by atoms with Crippen LogP contribution < -0.4 is 5.73 Å². The number of thiophene rings is 1. The number of hydrogen-bond acceptors (Lipinski definition) is 5. The largest absolute Gasteiger partial charge is 0.368 e. The SMILES string of the molecule is CC(C(N)=O)N1CCN(S(=O)(=O)c2ccc(Br)s2)CC1. The van der Waals surface area contributed by atoms with Crippen molar-refractivity contribution in [2.75, 3.05) is 26.2 Å². The number of rotatable bonds is 4. The van der Waals surface area contributed by atoms with Gasteiger partial charge in [0.25, 0.3) is 10.0 Å². The quantitative estimate of drug-likeness (QED) is 0.831. The Morgan fingerprint density at radius 1 is 1.35 bits per heavy atom. The van der Waals surface area contributed by atoms with E-state index < -0.39 is 10.0 Å². The third-order valence-corrected chi connectivity index (χ3v) is 7.37. The van der Waals surface area contributed by atoms with Crippen molar-refractivity contribution >= 4 is 43.2 Å². The van der Waals surface area contributed by atoms with Gasteiger partial charge in [0.1, 0.15) is 4.21 Å². The van der Waals surface area contributed by atoms with Gasteiger partial charge in [-0.3, -0.25) is 9.69 Å². The zero-order chi connectivity index (χ0) is 14.9. The molecule has 1 aromatic rings. The van der Waals surface area contributed by atoms with Gasteiger partial charge in [0.05, 0.1) is 9.83 Å². The second-order valence-corrected chi connectivity index (χ2v) is 9.20. The molecule has 2 heterocycles. The molecule has 1 unspecified atom stereocenters. The summed E-state index contributed by atoms with van der Waals surface area (Å²) in [6.07, 6.45) is 0. The average molecular weight is 382 g/mol. The molecule has 0 bridgehead atoms. The van der Waals surface area contributed by atoms with E-state index in [9.17, 15) is 13.2 Å². The van der Waals surface area contributed by atoms with E-state index in [4.69, 9.17) is 5.73 Å². The van der Waals surface area contributed by atoms with Crippen molar-refractivity contribution in [3.8, 4) is 0 Å². The number of primary amides is 1. The molecule has 0 aromatic carbocycles. The van der Waals surface area contributed by atoms with Gasteiger partial charge in [-0.2, -0.15) is 4.31 Å². The Morgan fingerprint density at radius 2 is 1.95 bits per heavy atom. The number of sulfonamides is 1. The number of piperazine rings is 1. The normalized spacial score (nSPS) is 19.9. The van der Waals surface area contributed by atoms with Crippen LogP contribution in [-0.4, -0.2) is 55.8 Å². The fraction of sp³-hybridized carbons (Fsp3) is 0.545. The summed E-state index contributed by atoms with van der Waals surface area (Å²) in [6.45, 7) is 3.50. The predicted octanol–water partition coefficient (Wildman–Crippen LogP) is 0.691. The Hall–Kier alpha value is -0.480. The Labute approximate surface area is 130 Å². The molecule has 1 saturated heterocycles. The van der Waals surface area contributed by atoms with Crippen LogP contribution in [0.3, 0.4) is 0 Å². The van der Waals surface area contributed by atoms with Crippen LogP contribution in [0, 0.1) is 0 Å². The lowest BCUT2D eigenvalue weighted by Gasteiger charge is -2.35.